The van der Waals surface area contributed by atoms with E-state index in [4.69, 9.17) is 11.6 Å². The lowest BCUT2D eigenvalue weighted by Gasteiger charge is -2.23. The van der Waals surface area contributed by atoms with Crippen LogP contribution in [-0.2, 0) is 13.0 Å². The first-order valence-electron chi connectivity index (χ1n) is 9.19. The predicted molar refractivity (Wildman–Crippen MR) is 105 cm³/mol. The minimum atomic E-state index is -0.704. The van der Waals surface area contributed by atoms with Crippen LogP contribution in [0.15, 0.2) is 48.5 Å². The maximum atomic E-state index is 13.1. The molecule has 0 bridgehead atoms. The molecule has 2 aromatic rings. The molecule has 1 N–H and O–H groups in total. The second kappa shape index (κ2) is 7.81. The molecule has 1 saturated carbocycles. The zero-order valence-electron chi connectivity index (χ0n) is 15.4. The Balaban J connectivity index is 1.76. The number of hydrogen-bond donors (Lipinski definition) is 1. The van der Waals surface area contributed by atoms with Crippen LogP contribution in [0.4, 0.5) is 0 Å². The van der Waals surface area contributed by atoms with E-state index in [1.165, 1.54) is 0 Å². The quantitative estimate of drug-likeness (QED) is 0.755. The van der Waals surface area contributed by atoms with E-state index in [0.29, 0.717) is 29.6 Å². The largest absolute Gasteiger partial charge is 0.390 e. The summed E-state index contributed by atoms with van der Waals surface area (Å²) in [7, 11) is 0. The molecule has 0 aliphatic heterocycles. The number of benzene rings is 2. The van der Waals surface area contributed by atoms with E-state index >= 15 is 0 Å². The van der Waals surface area contributed by atoms with Gasteiger partial charge in [-0.1, -0.05) is 41.9 Å². The molecule has 3 rings (SSSR count). The van der Waals surface area contributed by atoms with E-state index in [1.54, 1.807) is 13.8 Å². The molecule has 138 valence electrons. The molecule has 4 heteroatoms. The Kier molecular flexibility index (Phi) is 5.69. The van der Waals surface area contributed by atoms with Crippen LogP contribution >= 0.6 is 11.6 Å². The Labute approximate surface area is 160 Å². The molecule has 26 heavy (non-hydrogen) atoms. The number of carbonyl (C=O) groups excluding carboxylic acids is 1. The van der Waals surface area contributed by atoms with Crippen LogP contribution in [0, 0.1) is 0 Å². The van der Waals surface area contributed by atoms with E-state index < -0.39 is 5.60 Å². The summed E-state index contributed by atoms with van der Waals surface area (Å²) < 4.78 is 0. The highest BCUT2D eigenvalue weighted by atomic mass is 35.5. The highest BCUT2D eigenvalue weighted by molar-refractivity contribution is 6.31. The topological polar surface area (TPSA) is 40.5 Å². The zero-order valence-corrected chi connectivity index (χ0v) is 16.2. The third kappa shape index (κ3) is 5.09. The number of hydrogen-bond acceptors (Lipinski definition) is 2. The van der Waals surface area contributed by atoms with Gasteiger partial charge >= 0.3 is 0 Å². The normalized spacial score (nSPS) is 14.3. The molecule has 1 aliphatic rings. The Morgan fingerprint density at radius 2 is 1.92 bits per heavy atom. The lowest BCUT2D eigenvalue weighted by molar-refractivity contribution is 0.0714. The van der Waals surface area contributed by atoms with Crippen molar-refractivity contribution in [3.63, 3.8) is 0 Å². The van der Waals surface area contributed by atoms with E-state index in [-0.39, 0.29) is 5.91 Å². The molecular weight excluding hydrogens is 346 g/mol. The molecule has 2 aromatic carbocycles. The molecule has 0 atom stereocenters. The van der Waals surface area contributed by atoms with Gasteiger partial charge in [-0.3, -0.25) is 4.79 Å². The van der Waals surface area contributed by atoms with E-state index in [0.717, 1.165) is 30.4 Å². The van der Waals surface area contributed by atoms with Gasteiger partial charge in [-0.2, -0.15) is 0 Å². The monoisotopic (exact) mass is 371 g/mol. The number of halogens is 1. The van der Waals surface area contributed by atoms with Crippen molar-refractivity contribution in [1.29, 1.82) is 0 Å². The Morgan fingerprint density at radius 3 is 2.58 bits per heavy atom. The van der Waals surface area contributed by atoms with Gasteiger partial charge in [-0.15, -0.1) is 0 Å². The minimum Gasteiger partial charge on any atom is -0.390 e. The van der Waals surface area contributed by atoms with Gasteiger partial charge < -0.3 is 10.0 Å². The van der Waals surface area contributed by atoms with Gasteiger partial charge in [-0.25, -0.2) is 0 Å². The van der Waals surface area contributed by atoms with Crippen molar-refractivity contribution >= 4 is 17.5 Å². The summed E-state index contributed by atoms with van der Waals surface area (Å²) in [5.41, 5.74) is 2.06. The molecule has 0 unspecified atom stereocenters. The van der Waals surface area contributed by atoms with Crippen molar-refractivity contribution in [2.45, 2.75) is 57.7 Å². The van der Waals surface area contributed by atoms with Gasteiger partial charge in [0.25, 0.3) is 5.91 Å². The predicted octanol–water partition coefficient (Wildman–Crippen LogP) is 4.85. The van der Waals surface area contributed by atoms with Gasteiger partial charge in [0.2, 0.25) is 0 Å². The number of carbonyl (C=O) groups is 1. The molecule has 0 saturated heterocycles. The first-order chi connectivity index (χ1) is 12.3. The van der Waals surface area contributed by atoms with Crippen LogP contribution in [0.3, 0.4) is 0 Å². The third-order valence-corrected chi connectivity index (χ3v) is 5.12. The summed E-state index contributed by atoms with van der Waals surface area (Å²) in [6, 6.07) is 15.8. The van der Waals surface area contributed by atoms with Crippen LogP contribution in [-0.4, -0.2) is 27.6 Å². The fourth-order valence-corrected chi connectivity index (χ4v) is 3.23. The fraction of sp³-hybridized carbons (Fsp3) is 0.409. The zero-order chi connectivity index (χ0) is 18.7. The van der Waals surface area contributed by atoms with Crippen LogP contribution in [0.2, 0.25) is 5.02 Å². The SMILES string of the molecule is CC(C)(O)CCc1cccc(C(=O)N(Cc2ccccc2Cl)C2CC2)c1. The Hall–Kier alpha value is -1.84. The molecule has 3 nitrogen and oxygen atoms in total. The third-order valence-electron chi connectivity index (χ3n) is 4.75. The van der Waals surface area contributed by atoms with Gasteiger partial charge in [-0.05, 0) is 68.9 Å². The van der Waals surface area contributed by atoms with Crippen molar-refractivity contribution in [1.82, 2.24) is 4.90 Å². The number of nitrogens with zero attached hydrogens (tertiary/aromatic N) is 1. The Morgan fingerprint density at radius 1 is 1.19 bits per heavy atom. The summed E-state index contributed by atoms with van der Waals surface area (Å²) in [6.45, 7) is 4.15. The van der Waals surface area contributed by atoms with Crippen LogP contribution in [0.1, 0.15) is 54.6 Å². The molecule has 0 spiro atoms. The van der Waals surface area contributed by atoms with Crippen LogP contribution < -0.4 is 0 Å². The summed E-state index contributed by atoms with van der Waals surface area (Å²) >= 11 is 6.29. The van der Waals surface area contributed by atoms with Gasteiger partial charge in [0.1, 0.15) is 0 Å². The average Bonchev–Trinajstić information content (AvgIpc) is 3.43. The maximum absolute atomic E-state index is 13.1. The molecule has 1 aliphatic carbocycles. The number of aryl methyl sites for hydroxylation is 1. The average molecular weight is 372 g/mol. The second-order valence-electron chi connectivity index (χ2n) is 7.77. The molecule has 0 aromatic heterocycles. The maximum Gasteiger partial charge on any atom is 0.254 e. The standard InChI is InChI=1S/C22H26ClNO2/c1-22(2,26)13-12-16-6-5-8-17(14-16)21(25)24(19-10-11-19)15-18-7-3-4-9-20(18)23/h3-9,14,19,26H,10-13,15H2,1-2H3. The summed E-state index contributed by atoms with van der Waals surface area (Å²) in [5.74, 6) is 0.0533. The summed E-state index contributed by atoms with van der Waals surface area (Å²) in [6.07, 6.45) is 3.51. The highest BCUT2D eigenvalue weighted by Gasteiger charge is 2.33. The van der Waals surface area contributed by atoms with Crippen molar-refractivity contribution in [3.05, 3.63) is 70.2 Å². The lowest BCUT2D eigenvalue weighted by atomic mass is 9.97. The second-order valence-corrected chi connectivity index (χ2v) is 8.18. The first kappa shape index (κ1) is 18.9. The van der Waals surface area contributed by atoms with Gasteiger partial charge in [0.05, 0.1) is 5.60 Å². The Bertz CT molecular complexity index is 778. The molecular formula is C22H26ClNO2. The lowest BCUT2D eigenvalue weighted by Crippen LogP contribution is -2.32. The van der Waals surface area contributed by atoms with Crippen molar-refractivity contribution < 1.29 is 9.90 Å². The summed E-state index contributed by atoms with van der Waals surface area (Å²) in [4.78, 5) is 15.1. The molecule has 1 amide bonds. The van der Waals surface area contributed by atoms with Gasteiger partial charge in [0.15, 0.2) is 0 Å². The van der Waals surface area contributed by atoms with Crippen molar-refractivity contribution in [2.75, 3.05) is 0 Å². The summed E-state index contributed by atoms with van der Waals surface area (Å²) in [5, 5.41) is 10.6. The van der Waals surface area contributed by atoms with Crippen LogP contribution in [0.5, 0.6) is 0 Å². The van der Waals surface area contributed by atoms with Crippen LogP contribution in [0.25, 0.3) is 0 Å². The smallest absolute Gasteiger partial charge is 0.254 e. The molecule has 1 fully saturated rings. The van der Waals surface area contributed by atoms with E-state index in [2.05, 4.69) is 0 Å². The number of rotatable bonds is 7. The minimum absolute atomic E-state index is 0.0533. The number of aliphatic hydroxyl groups is 1. The van der Waals surface area contributed by atoms with E-state index in [9.17, 15) is 9.90 Å². The van der Waals surface area contributed by atoms with Crippen molar-refractivity contribution in [3.8, 4) is 0 Å². The van der Waals surface area contributed by atoms with E-state index in [1.807, 2.05) is 53.4 Å². The highest BCUT2D eigenvalue weighted by Crippen LogP contribution is 2.31. The van der Waals surface area contributed by atoms with Crippen molar-refractivity contribution in [2.24, 2.45) is 0 Å². The first-order valence-corrected chi connectivity index (χ1v) is 9.57. The van der Waals surface area contributed by atoms with Gasteiger partial charge in [0, 0.05) is 23.2 Å². The molecule has 0 heterocycles. The molecule has 0 radical (unpaired) electrons. The number of amides is 1. The fourth-order valence-electron chi connectivity index (χ4n) is 3.04.